The Morgan fingerprint density at radius 2 is 2.22 bits per heavy atom. The molecule has 3 aromatic rings. The smallest absolute Gasteiger partial charge is 0.258 e. The molecule has 0 aliphatic carbocycles. The molecule has 1 aliphatic rings. The van der Waals surface area contributed by atoms with Crippen molar-refractivity contribution in [2.45, 2.75) is 17.9 Å². The van der Waals surface area contributed by atoms with Crippen LogP contribution in [0.2, 0.25) is 0 Å². The molecule has 4 rings (SSSR count). The van der Waals surface area contributed by atoms with Crippen molar-refractivity contribution in [2.75, 3.05) is 18.4 Å². The van der Waals surface area contributed by atoms with Crippen LogP contribution in [-0.4, -0.2) is 44.9 Å². The second-order valence-corrected chi connectivity index (χ2v) is 8.19. The molecule has 1 aromatic carbocycles. The summed E-state index contributed by atoms with van der Waals surface area (Å²) in [6.45, 7) is 3.11. The number of hydrogen-bond acceptors (Lipinski definition) is 6. The number of thiazole rings is 1. The highest BCUT2D eigenvalue weighted by Crippen LogP contribution is 2.30. The predicted molar refractivity (Wildman–Crippen MR) is 110 cm³/mol. The van der Waals surface area contributed by atoms with E-state index in [-0.39, 0.29) is 5.91 Å². The zero-order chi connectivity index (χ0) is 19.0. The van der Waals surface area contributed by atoms with Crippen LogP contribution in [0.25, 0.3) is 10.2 Å². The van der Waals surface area contributed by atoms with Crippen LogP contribution in [-0.2, 0) is 0 Å². The standard InChI is InChI=1S/C18H17Cl2N5OS/c1-10-4-5-12-13(9-10)27-18(23-12)24-16-11(3-2-6-22-16)17(26)25-8-7-21-14(19)15(25)20/h2-6,9,14-15,21H,7-8H2,1H3,(H,22,23,24). The van der Waals surface area contributed by atoms with Gasteiger partial charge in [-0.1, -0.05) is 29.0 Å². The zero-order valence-corrected chi connectivity index (χ0v) is 16.8. The molecule has 140 valence electrons. The molecule has 1 saturated heterocycles. The third kappa shape index (κ3) is 3.73. The van der Waals surface area contributed by atoms with E-state index in [4.69, 9.17) is 23.2 Å². The van der Waals surface area contributed by atoms with Crippen LogP contribution in [0.1, 0.15) is 15.9 Å². The van der Waals surface area contributed by atoms with Crippen molar-refractivity contribution < 1.29 is 4.79 Å². The summed E-state index contributed by atoms with van der Waals surface area (Å²) >= 11 is 14.0. The Balaban J connectivity index is 1.63. The number of carbonyl (C=O) groups is 1. The molecule has 3 heterocycles. The van der Waals surface area contributed by atoms with Gasteiger partial charge in [-0.15, -0.1) is 11.6 Å². The third-order valence-electron chi connectivity index (χ3n) is 4.30. The van der Waals surface area contributed by atoms with Gasteiger partial charge in [0.2, 0.25) is 0 Å². The predicted octanol–water partition coefficient (Wildman–Crippen LogP) is 3.92. The Labute approximate surface area is 170 Å². The topological polar surface area (TPSA) is 70.2 Å². The number of aromatic nitrogens is 2. The van der Waals surface area contributed by atoms with E-state index in [9.17, 15) is 4.79 Å². The Morgan fingerprint density at radius 1 is 1.37 bits per heavy atom. The molecule has 0 bridgehead atoms. The first-order valence-corrected chi connectivity index (χ1v) is 10.1. The Kier molecular flexibility index (Phi) is 5.19. The van der Waals surface area contributed by atoms with Gasteiger partial charge in [-0.25, -0.2) is 9.97 Å². The van der Waals surface area contributed by atoms with Crippen molar-refractivity contribution in [3.05, 3.63) is 47.7 Å². The Bertz CT molecular complexity index is 995. The fourth-order valence-corrected chi connectivity index (χ4v) is 4.42. The van der Waals surface area contributed by atoms with Gasteiger partial charge in [-0.3, -0.25) is 10.1 Å². The number of carbonyl (C=O) groups excluding carboxylic acids is 1. The van der Waals surface area contributed by atoms with E-state index >= 15 is 0 Å². The summed E-state index contributed by atoms with van der Waals surface area (Å²) in [7, 11) is 0. The number of aryl methyl sites for hydroxylation is 1. The SMILES string of the molecule is Cc1ccc2nc(Nc3ncccc3C(=O)N3CCNC(Cl)C3Cl)sc2c1. The molecule has 0 radical (unpaired) electrons. The molecule has 6 nitrogen and oxygen atoms in total. The number of hydrogen-bond donors (Lipinski definition) is 2. The molecule has 0 spiro atoms. The van der Waals surface area contributed by atoms with Gasteiger partial charge in [-0.05, 0) is 36.8 Å². The van der Waals surface area contributed by atoms with Crippen LogP contribution in [0.15, 0.2) is 36.5 Å². The van der Waals surface area contributed by atoms with Gasteiger partial charge in [0.15, 0.2) is 5.13 Å². The summed E-state index contributed by atoms with van der Waals surface area (Å²) in [5.41, 5.74) is 1.39. The van der Waals surface area contributed by atoms with Crippen molar-refractivity contribution in [3.8, 4) is 0 Å². The first-order chi connectivity index (χ1) is 13.0. The van der Waals surface area contributed by atoms with Gasteiger partial charge in [0.1, 0.15) is 16.8 Å². The fraction of sp³-hybridized carbons (Fsp3) is 0.278. The number of nitrogens with one attached hydrogen (secondary N) is 2. The number of amides is 1. The molecule has 1 fully saturated rings. The second kappa shape index (κ2) is 7.59. The Morgan fingerprint density at radius 3 is 3.07 bits per heavy atom. The quantitative estimate of drug-likeness (QED) is 0.495. The van der Waals surface area contributed by atoms with Crippen LogP contribution in [0, 0.1) is 6.92 Å². The number of rotatable bonds is 3. The zero-order valence-electron chi connectivity index (χ0n) is 14.4. The maximum absolute atomic E-state index is 13.0. The van der Waals surface area contributed by atoms with Crippen LogP contribution < -0.4 is 10.6 Å². The highest BCUT2D eigenvalue weighted by atomic mass is 35.5. The van der Waals surface area contributed by atoms with Crippen molar-refractivity contribution in [2.24, 2.45) is 0 Å². The van der Waals surface area contributed by atoms with Crippen LogP contribution >= 0.6 is 34.5 Å². The van der Waals surface area contributed by atoms with Gasteiger partial charge < -0.3 is 10.2 Å². The second-order valence-electron chi connectivity index (χ2n) is 6.24. The highest BCUT2D eigenvalue weighted by Gasteiger charge is 2.33. The first kappa shape index (κ1) is 18.4. The minimum absolute atomic E-state index is 0.213. The number of pyridine rings is 1. The van der Waals surface area contributed by atoms with E-state index in [1.165, 1.54) is 16.9 Å². The van der Waals surface area contributed by atoms with E-state index in [0.29, 0.717) is 29.6 Å². The van der Waals surface area contributed by atoms with E-state index in [1.807, 2.05) is 19.1 Å². The maximum Gasteiger partial charge on any atom is 0.258 e. The summed E-state index contributed by atoms with van der Waals surface area (Å²) in [4.78, 5) is 23.5. The average molecular weight is 422 g/mol. The summed E-state index contributed by atoms with van der Waals surface area (Å²) < 4.78 is 1.08. The summed E-state index contributed by atoms with van der Waals surface area (Å²) in [6, 6.07) is 9.54. The molecular formula is C18H17Cl2N5OS. The number of anilines is 2. The number of piperazine rings is 1. The summed E-state index contributed by atoms with van der Waals surface area (Å²) in [5.74, 6) is 0.238. The van der Waals surface area contributed by atoms with Crippen LogP contribution in [0.3, 0.4) is 0 Å². The van der Waals surface area contributed by atoms with Gasteiger partial charge in [0.05, 0.1) is 15.8 Å². The maximum atomic E-state index is 13.0. The lowest BCUT2D eigenvalue weighted by atomic mass is 10.2. The van der Waals surface area contributed by atoms with E-state index in [1.54, 1.807) is 23.2 Å². The minimum atomic E-state index is -0.633. The molecule has 1 aliphatic heterocycles. The number of alkyl halides is 2. The lowest BCUT2D eigenvalue weighted by Crippen LogP contribution is -2.55. The van der Waals surface area contributed by atoms with Gasteiger partial charge in [0.25, 0.3) is 5.91 Å². The first-order valence-electron chi connectivity index (χ1n) is 8.44. The normalized spacial score (nSPS) is 20.0. The molecule has 27 heavy (non-hydrogen) atoms. The number of nitrogens with zero attached hydrogens (tertiary/aromatic N) is 3. The van der Waals surface area contributed by atoms with Crippen molar-refractivity contribution >= 4 is 61.6 Å². The van der Waals surface area contributed by atoms with Gasteiger partial charge in [-0.2, -0.15) is 0 Å². The minimum Gasteiger partial charge on any atom is -0.318 e. The molecule has 2 aromatic heterocycles. The number of benzene rings is 1. The van der Waals surface area contributed by atoms with E-state index < -0.39 is 11.0 Å². The van der Waals surface area contributed by atoms with Crippen molar-refractivity contribution in [1.29, 1.82) is 0 Å². The van der Waals surface area contributed by atoms with Gasteiger partial charge in [0, 0.05) is 19.3 Å². The largest absolute Gasteiger partial charge is 0.318 e. The van der Waals surface area contributed by atoms with Crippen LogP contribution in [0.5, 0.6) is 0 Å². The summed E-state index contributed by atoms with van der Waals surface area (Å²) in [5, 5.41) is 6.91. The lowest BCUT2D eigenvalue weighted by Gasteiger charge is -2.35. The molecule has 2 N–H and O–H groups in total. The molecule has 2 atom stereocenters. The molecule has 9 heteroatoms. The monoisotopic (exact) mass is 421 g/mol. The highest BCUT2D eigenvalue weighted by molar-refractivity contribution is 7.22. The molecule has 2 unspecified atom stereocenters. The molecule has 0 saturated carbocycles. The average Bonchev–Trinajstić information content (AvgIpc) is 3.05. The third-order valence-corrected chi connectivity index (χ3v) is 6.24. The molecular weight excluding hydrogens is 405 g/mol. The van der Waals surface area contributed by atoms with Crippen molar-refractivity contribution in [1.82, 2.24) is 20.2 Å². The Hall–Kier alpha value is -1.93. The fourth-order valence-electron chi connectivity index (χ4n) is 2.93. The lowest BCUT2D eigenvalue weighted by molar-refractivity contribution is 0.0694. The van der Waals surface area contributed by atoms with E-state index in [0.717, 1.165) is 10.2 Å². The molecule has 1 amide bonds. The number of halogens is 2. The van der Waals surface area contributed by atoms with Crippen LogP contribution in [0.4, 0.5) is 10.9 Å². The number of fused-ring (bicyclic) bond motifs is 1. The van der Waals surface area contributed by atoms with Crippen molar-refractivity contribution in [3.63, 3.8) is 0 Å². The van der Waals surface area contributed by atoms with E-state index in [2.05, 4.69) is 26.7 Å². The van der Waals surface area contributed by atoms with Gasteiger partial charge >= 0.3 is 0 Å². The summed E-state index contributed by atoms with van der Waals surface area (Å²) in [6.07, 6.45) is 1.64.